The van der Waals surface area contributed by atoms with E-state index in [1.165, 1.54) is 11.8 Å². The van der Waals surface area contributed by atoms with Crippen molar-refractivity contribution in [2.24, 2.45) is 0 Å². The lowest BCUT2D eigenvalue weighted by molar-refractivity contribution is -0.113. The van der Waals surface area contributed by atoms with Crippen molar-refractivity contribution in [2.75, 3.05) is 11.1 Å². The number of rotatable bonds is 5. The lowest BCUT2D eigenvalue weighted by Crippen LogP contribution is -2.14. The Labute approximate surface area is 165 Å². The second kappa shape index (κ2) is 7.58. The standard InChI is InChI=1S/C20H16ClN3O2S/c1-2-16-23-18-12-7-3-6-10-15(12)26-19(18)20(24-16)27-11-17(25)22-14-9-5-4-8-13(14)21/h3-10H,2,11H2,1H3,(H,22,25). The Balaban J connectivity index is 1.61. The van der Waals surface area contributed by atoms with Gasteiger partial charge >= 0.3 is 0 Å². The summed E-state index contributed by atoms with van der Waals surface area (Å²) < 4.78 is 5.95. The smallest absolute Gasteiger partial charge is 0.234 e. The summed E-state index contributed by atoms with van der Waals surface area (Å²) in [5.41, 5.74) is 2.75. The van der Waals surface area contributed by atoms with E-state index in [4.69, 9.17) is 16.0 Å². The van der Waals surface area contributed by atoms with Gasteiger partial charge in [0.05, 0.1) is 16.5 Å². The number of halogens is 1. The molecule has 7 heteroatoms. The number of carbonyl (C=O) groups excluding carboxylic acids is 1. The molecule has 0 aliphatic rings. The minimum Gasteiger partial charge on any atom is -0.451 e. The van der Waals surface area contributed by atoms with Crippen molar-refractivity contribution in [1.29, 1.82) is 0 Å². The monoisotopic (exact) mass is 397 g/mol. The van der Waals surface area contributed by atoms with Crippen molar-refractivity contribution in [3.05, 3.63) is 59.4 Å². The fourth-order valence-corrected chi connectivity index (χ4v) is 3.71. The Morgan fingerprint density at radius 3 is 2.74 bits per heavy atom. The third-order valence-corrected chi connectivity index (χ3v) is 5.33. The summed E-state index contributed by atoms with van der Waals surface area (Å²) >= 11 is 7.42. The van der Waals surface area contributed by atoms with E-state index in [0.717, 1.165) is 22.3 Å². The first-order chi connectivity index (χ1) is 13.2. The van der Waals surface area contributed by atoms with Gasteiger partial charge in [0.25, 0.3) is 0 Å². The molecule has 4 aromatic rings. The molecule has 27 heavy (non-hydrogen) atoms. The SMILES string of the molecule is CCc1nc(SCC(=O)Nc2ccccc2Cl)c2oc3ccccc3c2n1. The molecule has 0 bridgehead atoms. The van der Waals surface area contributed by atoms with Crippen LogP contribution in [0.5, 0.6) is 0 Å². The van der Waals surface area contributed by atoms with E-state index in [1.807, 2.05) is 43.3 Å². The maximum Gasteiger partial charge on any atom is 0.234 e. The second-order valence-corrected chi connectivity index (χ2v) is 7.26. The molecule has 0 saturated heterocycles. The summed E-state index contributed by atoms with van der Waals surface area (Å²) in [6, 6.07) is 14.9. The van der Waals surface area contributed by atoms with Crippen molar-refractivity contribution in [3.8, 4) is 0 Å². The molecular weight excluding hydrogens is 382 g/mol. The summed E-state index contributed by atoms with van der Waals surface area (Å²) in [5, 5.41) is 4.94. The zero-order valence-corrected chi connectivity index (χ0v) is 16.1. The Morgan fingerprint density at radius 2 is 1.93 bits per heavy atom. The van der Waals surface area contributed by atoms with Crippen LogP contribution < -0.4 is 5.32 Å². The van der Waals surface area contributed by atoms with Gasteiger partial charge in [0, 0.05) is 11.8 Å². The third kappa shape index (κ3) is 3.63. The maximum atomic E-state index is 12.3. The van der Waals surface area contributed by atoms with Crippen LogP contribution in [0.2, 0.25) is 5.02 Å². The minimum atomic E-state index is -0.158. The number of para-hydroxylation sites is 2. The topological polar surface area (TPSA) is 68.0 Å². The van der Waals surface area contributed by atoms with E-state index in [-0.39, 0.29) is 11.7 Å². The molecule has 2 aromatic heterocycles. The Kier molecular flexibility index (Phi) is 5.01. The molecule has 0 unspecified atom stereocenters. The Morgan fingerprint density at radius 1 is 1.15 bits per heavy atom. The van der Waals surface area contributed by atoms with Crippen molar-refractivity contribution in [3.63, 3.8) is 0 Å². The normalized spacial score (nSPS) is 11.2. The van der Waals surface area contributed by atoms with Crippen molar-refractivity contribution >= 4 is 57.0 Å². The van der Waals surface area contributed by atoms with E-state index in [2.05, 4.69) is 15.3 Å². The number of nitrogens with one attached hydrogen (secondary N) is 1. The molecule has 1 N–H and O–H groups in total. The number of thioether (sulfide) groups is 1. The van der Waals surface area contributed by atoms with Crippen LogP contribution in [0.15, 0.2) is 58.0 Å². The number of fused-ring (bicyclic) bond motifs is 3. The van der Waals surface area contributed by atoms with Gasteiger partial charge in [-0.15, -0.1) is 0 Å². The van der Waals surface area contributed by atoms with Crippen molar-refractivity contribution in [2.45, 2.75) is 18.4 Å². The van der Waals surface area contributed by atoms with E-state index >= 15 is 0 Å². The molecule has 0 spiro atoms. The molecule has 4 rings (SSSR count). The lowest BCUT2D eigenvalue weighted by Gasteiger charge is -2.07. The fourth-order valence-electron chi connectivity index (χ4n) is 2.75. The van der Waals surface area contributed by atoms with Gasteiger partial charge in [-0.25, -0.2) is 9.97 Å². The van der Waals surface area contributed by atoms with Crippen LogP contribution in [0.1, 0.15) is 12.7 Å². The van der Waals surface area contributed by atoms with Gasteiger partial charge in [-0.3, -0.25) is 4.79 Å². The number of anilines is 1. The number of hydrogen-bond donors (Lipinski definition) is 1. The van der Waals surface area contributed by atoms with Crippen molar-refractivity contribution < 1.29 is 9.21 Å². The molecule has 0 aliphatic carbocycles. The number of benzene rings is 2. The molecule has 0 fully saturated rings. The molecule has 0 radical (unpaired) electrons. The van der Waals surface area contributed by atoms with Crippen LogP contribution in [0.4, 0.5) is 5.69 Å². The van der Waals surface area contributed by atoms with E-state index in [1.54, 1.807) is 12.1 Å². The minimum absolute atomic E-state index is 0.158. The number of furan rings is 1. The van der Waals surface area contributed by atoms with Gasteiger partial charge in [-0.2, -0.15) is 0 Å². The third-order valence-electron chi connectivity index (χ3n) is 4.04. The number of aryl methyl sites for hydroxylation is 1. The van der Waals surface area contributed by atoms with Gasteiger partial charge in [-0.05, 0) is 24.3 Å². The molecule has 2 heterocycles. The number of nitrogens with zero attached hydrogens (tertiary/aromatic N) is 2. The van der Waals surface area contributed by atoms with E-state index in [0.29, 0.717) is 27.7 Å². The maximum absolute atomic E-state index is 12.3. The average Bonchev–Trinajstić information content (AvgIpc) is 3.06. The summed E-state index contributed by atoms with van der Waals surface area (Å²) in [4.78, 5) is 21.5. The van der Waals surface area contributed by atoms with Gasteiger partial charge in [-0.1, -0.05) is 54.6 Å². The van der Waals surface area contributed by atoms with Crippen molar-refractivity contribution in [1.82, 2.24) is 9.97 Å². The van der Waals surface area contributed by atoms with Gasteiger partial charge in [0.1, 0.15) is 22.0 Å². The van der Waals surface area contributed by atoms with Gasteiger partial charge < -0.3 is 9.73 Å². The van der Waals surface area contributed by atoms with E-state index < -0.39 is 0 Å². The zero-order valence-electron chi connectivity index (χ0n) is 14.5. The molecule has 136 valence electrons. The highest BCUT2D eigenvalue weighted by Gasteiger charge is 2.17. The number of carbonyl (C=O) groups is 1. The first kappa shape index (κ1) is 17.8. The van der Waals surface area contributed by atoms with E-state index in [9.17, 15) is 4.79 Å². The summed E-state index contributed by atoms with van der Waals surface area (Å²) in [6.45, 7) is 2.00. The Bertz CT molecular complexity index is 1140. The predicted octanol–water partition coefficient (Wildman–Crippen LogP) is 5.32. The Hall–Kier alpha value is -2.57. The number of hydrogen-bond acceptors (Lipinski definition) is 5. The van der Waals surface area contributed by atoms with Gasteiger partial charge in [0.2, 0.25) is 5.91 Å². The zero-order chi connectivity index (χ0) is 18.8. The predicted molar refractivity (Wildman–Crippen MR) is 109 cm³/mol. The molecular formula is C20H16ClN3O2S. The van der Waals surface area contributed by atoms with Crippen LogP contribution >= 0.6 is 23.4 Å². The molecule has 0 aliphatic heterocycles. The van der Waals surface area contributed by atoms with Crippen LogP contribution in [0.25, 0.3) is 22.1 Å². The first-order valence-electron chi connectivity index (χ1n) is 8.51. The van der Waals surface area contributed by atoms with Crippen LogP contribution in [-0.2, 0) is 11.2 Å². The lowest BCUT2D eigenvalue weighted by atomic mass is 10.2. The molecule has 0 saturated carbocycles. The largest absolute Gasteiger partial charge is 0.451 e. The highest BCUT2D eigenvalue weighted by molar-refractivity contribution is 8.00. The molecule has 2 aromatic carbocycles. The molecule has 1 amide bonds. The van der Waals surface area contributed by atoms with Crippen LogP contribution in [-0.4, -0.2) is 21.6 Å². The number of amides is 1. The molecule has 0 atom stereocenters. The van der Waals surface area contributed by atoms with Gasteiger partial charge in [0.15, 0.2) is 5.58 Å². The number of aromatic nitrogens is 2. The van der Waals surface area contributed by atoms with Crippen LogP contribution in [0.3, 0.4) is 0 Å². The quantitative estimate of drug-likeness (QED) is 0.364. The summed E-state index contributed by atoms with van der Waals surface area (Å²) in [7, 11) is 0. The second-order valence-electron chi connectivity index (χ2n) is 5.89. The summed E-state index contributed by atoms with van der Waals surface area (Å²) in [6.07, 6.45) is 0.703. The highest BCUT2D eigenvalue weighted by atomic mass is 35.5. The fraction of sp³-hybridized carbons (Fsp3) is 0.150. The van der Waals surface area contributed by atoms with Crippen LogP contribution in [0, 0.1) is 0 Å². The average molecular weight is 398 g/mol. The summed E-state index contributed by atoms with van der Waals surface area (Å²) in [5.74, 6) is 0.759. The first-order valence-corrected chi connectivity index (χ1v) is 9.87. The highest BCUT2D eigenvalue weighted by Crippen LogP contribution is 2.33. The molecule has 5 nitrogen and oxygen atoms in total.